The minimum Gasteiger partial charge on any atom is -0.422 e. The highest BCUT2D eigenvalue weighted by Gasteiger charge is 2.20. The van der Waals surface area contributed by atoms with Crippen LogP contribution in [0.5, 0.6) is 0 Å². The Hall–Kier alpha value is -4.89. The largest absolute Gasteiger partial charge is 0.422 e. The smallest absolute Gasteiger partial charge is 0.345 e. The van der Waals surface area contributed by atoms with Gasteiger partial charge in [0.15, 0.2) is 0 Å². The van der Waals surface area contributed by atoms with Crippen molar-refractivity contribution >= 4 is 46.0 Å². The fraction of sp³-hybridized carbons (Fsp3) is 0.167. The van der Waals surface area contributed by atoms with Gasteiger partial charge in [0.2, 0.25) is 0 Å². The maximum atomic E-state index is 13.1. The molecule has 0 spiro atoms. The number of hydrogen-bond acceptors (Lipinski definition) is 8. The van der Waals surface area contributed by atoms with Gasteiger partial charge in [0, 0.05) is 37.8 Å². The fourth-order valence-corrected chi connectivity index (χ4v) is 4.51. The molecule has 0 amide bonds. The highest BCUT2D eigenvalue weighted by molar-refractivity contribution is 6.11. The van der Waals surface area contributed by atoms with Crippen molar-refractivity contribution in [2.45, 2.75) is 0 Å². The summed E-state index contributed by atoms with van der Waals surface area (Å²) in [7, 11) is 1.69. The Kier molecular flexibility index (Phi) is 7.70. The number of nitro groups is 1. The summed E-state index contributed by atoms with van der Waals surface area (Å²) in [5, 5.41) is 12.1. The van der Waals surface area contributed by atoms with Crippen LogP contribution in [-0.4, -0.2) is 50.2 Å². The van der Waals surface area contributed by atoms with Gasteiger partial charge in [0.05, 0.1) is 46.4 Å². The zero-order chi connectivity index (χ0) is 27.2. The van der Waals surface area contributed by atoms with E-state index in [9.17, 15) is 14.9 Å². The zero-order valence-electron chi connectivity index (χ0n) is 21.3. The van der Waals surface area contributed by atoms with Crippen LogP contribution in [0.1, 0.15) is 16.7 Å². The summed E-state index contributed by atoms with van der Waals surface area (Å²) in [5.74, 6) is 0. The average Bonchev–Trinajstić information content (AvgIpc) is 2.97. The summed E-state index contributed by atoms with van der Waals surface area (Å²) >= 11 is 0. The molecule has 4 aromatic rings. The van der Waals surface area contributed by atoms with Crippen molar-refractivity contribution in [3.05, 3.63) is 116 Å². The van der Waals surface area contributed by atoms with Gasteiger partial charge >= 0.3 is 5.63 Å². The molecule has 0 radical (unpaired) electrons. The van der Waals surface area contributed by atoms with E-state index in [1.54, 1.807) is 43.5 Å². The van der Waals surface area contributed by atoms with E-state index in [2.05, 4.69) is 14.9 Å². The second kappa shape index (κ2) is 11.7. The predicted octanol–water partition coefficient (Wildman–Crippen LogP) is 5.42. The molecule has 1 aromatic heterocycles. The molecule has 1 fully saturated rings. The SMILES string of the molecule is CN=C(/C=C/c1c(N2CCOCC2)c2ccccc2oc1=O)c1ccc(N=Cc2ccccc2[N+](=O)[O-])cc1. The molecule has 0 saturated carbocycles. The Morgan fingerprint density at radius 2 is 1.72 bits per heavy atom. The first-order chi connectivity index (χ1) is 19.0. The maximum absolute atomic E-state index is 13.1. The van der Waals surface area contributed by atoms with Gasteiger partial charge in [-0.2, -0.15) is 0 Å². The lowest BCUT2D eigenvalue weighted by Gasteiger charge is -2.30. The molecule has 1 saturated heterocycles. The second-order valence-corrected chi connectivity index (χ2v) is 8.81. The van der Waals surface area contributed by atoms with Crippen LogP contribution in [0.3, 0.4) is 0 Å². The molecule has 9 heteroatoms. The number of nitrogens with zero attached hydrogens (tertiary/aromatic N) is 4. The van der Waals surface area contributed by atoms with Gasteiger partial charge in [0.25, 0.3) is 5.69 Å². The molecule has 0 atom stereocenters. The number of para-hydroxylation sites is 2. The molecule has 0 bridgehead atoms. The number of ether oxygens (including phenoxy) is 1. The van der Waals surface area contributed by atoms with Crippen LogP contribution in [0.15, 0.2) is 98.1 Å². The van der Waals surface area contributed by atoms with Crippen molar-refractivity contribution in [2.75, 3.05) is 38.3 Å². The van der Waals surface area contributed by atoms with Crippen molar-refractivity contribution in [3.63, 3.8) is 0 Å². The Morgan fingerprint density at radius 3 is 2.46 bits per heavy atom. The normalized spacial score (nSPS) is 14.5. The molecule has 0 aliphatic carbocycles. The van der Waals surface area contributed by atoms with E-state index in [0.717, 1.165) is 16.6 Å². The van der Waals surface area contributed by atoms with E-state index in [1.165, 1.54) is 12.3 Å². The molecule has 1 aliphatic heterocycles. The lowest BCUT2D eigenvalue weighted by atomic mass is 10.1. The van der Waals surface area contributed by atoms with E-state index in [4.69, 9.17) is 9.15 Å². The number of anilines is 1. The number of hydrogen-bond donors (Lipinski definition) is 0. The van der Waals surface area contributed by atoms with Crippen LogP contribution in [-0.2, 0) is 4.74 Å². The Morgan fingerprint density at radius 1 is 1.00 bits per heavy atom. The summed E-state index contributed by atoms with van der Waals surface area (Å²) in [6.07, 6.45) is 5.04. The van der Waals surface area contributed by atoms with Crippen molar-refractivity contribution < 1.29 is 14.1 Å². The highest BCUT2D eigenvalue weighted by atomic mass is 16.6. The third kappa shape index (κ3) is 5.68. The third-order valence-corrected chi connectivity index (χ3v) is 6.45. The number of allylic oxidation sites excluding steroid dienone is 1. The maximum Gasteiger partial charge on any atom is 0.345 e. The highest BCUT2D eigenvalue weighted by Crippen LogP contribution is 2.30. The van der Waals surface area contributed by atoms with E-state index < -0.39 is 10.5 Å². The standard InChI is InChI=1S/C30H26N4O5/c1-31-26(21-10-12-23(13-11-21)32-20-22-6-2-4-8-27(22)34(36)37)15-14-25-29(33-16-18-38-19-17-33)24-7-3-5-9-28(24)39-30(25)35/h2-15,20H,16-19H2,1H3/b15-14+,31-26?,32-20?. The zero-order valence-corrected chi connectivity index (χ0v) is 21.3. The topological polar surface area (TPSA) is 111 Å². The first kappa shape index (κ1) is 25.7. The average molecular weight is 523 g/mol. The molecule has 2 heterocycles. The molecule has 0 unspecified atom stereocenters. The summed E-state index contributed by atoms with van der Waals surface area (Å²) in [6, 6.07) is 21.3. The quantitative estimate of drug-likeness (QED) is 0.139. The first-order valence-electron chi connectivity index (χ1n) is 12.5. The van der Waals surface area contributed by atoms with Crippen molar-refractivity contribution in [1.82, 2.24) is 0 Å². The van der Waals surface area contributed by atoms with Gasteiger partial charge in [-0.15, -0.1) is 0 Å². The lowest BCUT2D eigenvalue weighted by molar-refractivity contribution is -0.385. The number of rotatable bonds is 7. The van der Waals surface area contributed by atoms with Crippen molar-refractivity contribution in [3.8, 4) is 0 Å². The van der Waals surface area contributed by atoms with E-state index in [1.807, 2.05) is 42.5 Å². The Bertz CT molecular complexity index is 1650. The van der Waals surface area contributed by atoms with Gasteiger partial charge in [-0.05, 0) is 48.0 Å². The number of fused-ring (bicyclic) bond motifs is 1. The van der Waals surface area contributed by atoms with Gasteiger partial charge in [-0.3, -0.25) is 20.1 Å². The van der Waals surface area contributed by atoms with Crippen LogP contribution < -0.4 is 10.5 Å². The van der Waals surface area contributed by atoms with E-state index >= 15 is 0 Å². The third-order valence-electron chi connectivity index (χ3n) is 6.45. The van der Waals surface area contributed by atoms with Crippen LogP contribution in [0.2, 0.25) is 0 Å². The molecule has 196 valence electrons. The van der Waals surface area contributed by atoms with Crippen LogP contribution in [0, 0.1) is 10.1 Å². The Labute approximate surface area is 224 Å². The molecule has 0 N–H and O–H groups in total. The van der Waals surface area contributed by atoms with Gasteiger partial charge in [-0.1, -0.05) is 36.4 Å². The fourth-order valence-electron chi connectivity index (χ4n) is 4.51. The molecule has 1 aliphatic rings. The molecule has 9 nitrogen and oxygen atoms in total. The van der Waals surface area contributed by atoms with Gasteiger partial charge in [-0.25, -0.2) is 4.79 Å². The van der Waals surface area contributed by atoms with Crippen LogP contribution in [0.25, 0.3) is 17.0 Å². The van der Waals surface area contributed by atoms with Gasteiger partial charge in [0.1, 0.15) is 5.58 Å². The summed E-state index contributed by atoms with van der Waals surface area (Å²) < 4.78 is 11.2. The van der Waals surface area contributed by atoms with Crippen LogP contribution in [0.4, 0.5) is 17.1 Å². The van der Waals surface area contributed by atoms with E-state index in [-0.39, 0.29) is 5.69 Å². The molecular weight excluding hydrogens is 496 g/mol. The summed E-state index contributed by atoms with van der Waals surface area (Å²) in [6.45, 7) is 2.53. The summed E-state index contributed by atoms with van der Waals surface area (Å²) in [4.78, 5) is 34.8. The molecular formula is C30H26N4O5. The molecule has 3 aromatic carbocycles. The molecule has 5 rings (SSSR count). The minimum atomic E-state index is -0.429. The molecule has 39 heavy (non-hydrogen) atoms. The predicted molar refractivity (Wildman–Crippen MR) is 154 cm³/mol. The van der Waals surface area contributed by atoms with Crippen molar-refractivity contribution in [1.29, 1.82) is 0 Å². The number of benzene rings is 3. The monoisotopic (exact) mass is 522 g/mol. The second-order valence-electron chi connectivity index (χ2n) is 8.81. The first-order valence-corrected chi connectivity index (χ1v) is 12.5. The van der Waals surface area contributed by atoms with Crippen LogP contribution >= 0.6 is 0 Å². The number of nitro benzene ring substituents is 1. The number of morpholine rings is 1. The van der Waals surface area contributed by atoms with E-state index in [0.29, 0.717) is 54.4 Å². The lowest BCUT2D eigenvalue weighted by Crippen LogP contribution is -2.37. The summed E-state index contributed by atoms with van der Waals surface area (Å²) in [5.41, 5.74) is 3.99. The van der Waals surface area contributed by atoms with Gasteiger partial charge < -0.3 is 14.1 Å². The number of aliphatic imine (C=N–C) groups is 2. The minimum absolute atomic E-state index is 0.00183. The van der Waals surface area contributed by atoms with Crippen molar-refractivity contribution in [2.24, 2.45) is 9.98 Å². The Balaban J connectivity index is 1.43.